The lowest BCUT2D eigenvalue weighted by molar-refractivity contribution is 0.416. The van der Waals surface area contributed by atoms with Crippen molar-refractivity contribution in [2.45, 2.75) is 25.8 Å². The Balaban J connectivity index is 1.72. The molecule has 1 N–H and O–H groups in total. The van der Waals surface area contributed by atoms with Crippen LogP contribution < -0.4 is 4.74 Å². The van der Waals surface area contributed by atoms with E-state index >= 15 is 0 Å². The number of nitrogens with one attached hydrogen (secondary N) is 1. The minimum atomic E-state index is 0.392. The molecule has 0 unspecified atom stereocenters. The van der Waals surface area contributed by atoms with Gasteiger partial charge in [-0.3, -0.25) is 0 Å². The van der Waals surface area contributed by atoms with Gasteiger partial charge in [0.25, 0.3) is 0 Å². The number of aromatic amines is 1. The fraction of sp³-hybridized carbons (Fsp3) is 0.300. The second kappa shape index (κ2) is 5.34. The summed E-state index contributed by atoms with van der Waals surface area (Å²) in [6, 6.07) is 12.8. The van der Waals surface area contributed by atoms with Gasteiger partial charge >= 0.3 is 0 Å². The number of aromatic nitrogens is 4. The molecule has 126 valence electrons. The molecule has 5 rings (SSSR count). The Kier molecular flexibility index (Phi) is 3.10. The van der Waals surface area contributed by atoms with Crippen molar-refractivity contribution in [3.05, 3.63) is 42.6 Å². The highest BCUT2D eigenvalue weighted by Gasteiger charge is 2.31. The van der Waals surface area contributed by atoms with Crippen LogP contribution in [0.15, 0.2) is 42.6 Å². The lowest BCUT2D eigenvalue weighted by Gasteiger charge is -2.11. The molecule has 0 radical (unpaired) electrons. The molecule has 25 heavy (non-hydrogen) atoms. The molecule has 1 fully saturated rings. The monoisotopic (exact) mass is 332 g/mol. The van der Waals surface area contributed by atoms with E-state index in [0.717, 1.165) is 39.6 Å². The number of hydrogen-bond donors (Lipinski definition) is 1. The lowest BCUT2D eigenvalue weighted by atomic mass is 10.0. The molecule has 2 aromatic carbocycles. The normalized spacial score (nSPS) is 15.8. The quantitative estimate of drug-likeness (QED) is 0.596. The molecule has 2 aromatic heterocycles. The fourth-order valence-electron chi connectivity index (χ4n) is 3.68. The average Bonchev–Trinajstić information content (AvgIpc) is 3.30. The molecular weight excluding hydrogens is 312 g/mol. The molecule has 1 aliphatic rings. The third kappa shape index (κ3) is 2.22. The Morgan fingerprint density at radius 1 is 1.20 bits per heavy atom. The molecule has 0 amide bonds. The number of ether oxygens (including phenoxy) is 1. The van der Waals surface area contributed by atoms with Crippen molar-refractivity contribution in [3.63, 3.8) is 0 Å². The predicted octanol–water partition coefficient (Wildman–Crippen LogP) is 4.56. The Morgan fingerprint density at radius 2 is 2.04 bits per heavy atom. The van der Waals surface area contributed by atoms with E-state index in [0.29, 0.717) is 6.04 Å². The zero-order chi connectivity index (χ0) is 17.0. The topological polar surface area (TPSA) is 55.7 Å². The zero-order valence-corrected chi connectivity index (χ0v) is 14.4. The predicted molar refractivity (Wildman–Crippen MR) is 98.8 cm³/mol. The van der Waals surface area contributed by atoms with Gasteiger partial charge in [-0.2, -0.15) is 5.10 Å². The van der Waals surface area contributed by atoms with Gasteiger partial charge in [0.2, 0.25) is 0 Å². The van der Waals surface area contributed by atoms with Crippen LogP contribution in [0.5, 0.6) is 5.75 Å². The van der Waals surface area contributed by atoms with Gasteiger partial charge in [-0.05, 0) is 42.5 Å². The third-order valence-electron chi connectivity index (χ3n) is 5.28. The van der Waals surface area contributed by atoms with E-state index in [-0.39, 0.29) is 0 Å². The van der Waals surface area contributed by atoms with Crippen LogP contribution in [0.1, 0.15) is 25.8 Å². The van der Waals surface area contributed by atoms with Crippen molar-refractivity contribution >= 4 is 21.9 Å². The maximum absolute atomic E-state index is 5.62. The molecular formula is C20H20N4O. The van der Waals surface area contributed by atoms with Crippen LogP contribution in [0.25, 0.3) is 33.3 Å². The summed E-state index contributed by atoms with van der Waals surface area (Å²) in [6.45, 7) is 2.23. The van der Waals surface area contributed by atoms with Crippen molar-refractivity contribution in [2.75, 3.05) is 7.11 Å². The second-order valence-electron chi connectivity index (χ2n) is 6.85. The average molecular weight is 332 g/mol. The number of nitrogens with zero attached hydrogens (tertiary/aromatic N) is 3. The Labute approximate surface area is 145 Å². The summed E-state index contributed by atoms with van der Waals surface area (Å²) in [7, 11) is 1.70. The minimum absolute atomic E-state index is 0.392. The highest BCUT2D eigenvalue weighted by atomic mass is 16.5. The summed E-state index contributed by atoms with van der Waals surface area (Å²) in [6.07, 6.45) is 4.45. The zero-order valence-electron chi connectivity index (χ0n) is 14.4. The summed E-state index contributed by atoms with van der Waals surface area (Å²) >= 11 is 0. The highest BCUT2D eigenvalue weighted by molar-refractivity contribution is 5.99. The number of benzene rings is 2. The van der Waals surface area contributed by atoms with Crippen LogP contribution in [0.3, 0.4) is 0 Å². The van der Waals surface area contributed by atoms with E-state index in [1.165, 1.54) is 18.2 Å². The van der Waals surface area contributed by atoms with Crippen LogP contribution in [0.2, 0.25) is 0 Å². The number of imidazole rings is 1. The van der Waals surface area contributed by atoms with Crippen molar-refractivity contribution in [2.24, 2.45) is 5.92 Å². The van der Waals surface area contributed by atoms with Gasteiger partial charge in [0.05, 0.1) is 24.9 Å². The van der Waals surface area contributed by atoms with Crippen LogP contribution >= 0.6 is 0 Å². The largest absolute Gasteiger partial charge is 0.496 e. The van der Waals surface area contributed by atoms with Crippen LogP contribution in [0, 0.1) is 5.92 Å². The standard InChI is InChI=1S/C20H20N4O/c1-12(13-7-8-13)24-20-16(11-21-24)22-19(23-20)18-15-6-4-3-5-14(15)9-10-17(18)25-2/h3-6,9-13H,7-8H2,1-2H3,(H,22,23)/t12-/m0/s1. The first-order valence-corrected chi connectivity index (χ1v) is 8.75. The molecule has 1 saturated carbocycles. The number of methoxy groups -OCH3 is 1. The number of H-pyrrole nitrogens is 1. The van der Waals surface area contributed by atoms with Crippen LogP contribution in [-0.4, -0.2) is 26.9 Å². The molecule has 1 atom stereocenters. The maximum atomic E-state index is 5.62. The van der Waals surface area contributed by atoms with E-state index < -0.39 is 0 Å². The van der Waals surface area contributed by atoms with Gasteiger partial charge in [-0.15, -0.1) is 0 Å². The Bertz CT molecular complexity index is 1070. The first-order chi connectivity index (χ1) is 12.3. The molecule has 0 bridgehead atoms. The van der Waals surface area contributed by atoms with Gasteiger partial charge in [-0.25, -0.2) is 9.67 Å². The van der Waals surface area contributed by atoms with Gasteiger partial charge in [0, 0.05) is 0 Å². The summed E-state index contributed by atoms with van der Waals surface area (Å²) in [5.74, 6) is 2.39. The van der Waals surface area contributed by atoms with Crippen molar-refractivity contribution in [1.82, 2.24) is 19.7 Å². The number of rotatable bonds is 4. The van der Waals surface area contributed by atoms with Crippen molar-refractivity contribution in [1.29, 1.82) is 0 Å². The molecule has 0 aliphatic heterocycles. The van der Waals surface area contributed by atoms with Gasteiger partial charge < -0.3 is 9.72 Å². The molecule has 5 nitrogen and oxygen atoms in total. The Hall–Kier alpha value is -2.82. The van der Waals surface area contributed by atoms with Crippen LogP contribution in [-0.2, 0) is 0 Å². The third-order valence-corrected chi connectivity index (χ3v) is 5.28. The SMILES string of the molecule is COc1ccc2ccccc2c1-c1nc2c(cnn2[C@@H](C)C2CC2)[nH]1. The van der Waals surface area contributed by atoms with Gasteiger partial charge in [0.15, 0.2) is 5.65 Å². The molecule has 2 heterocycles. The van der Waals surface area contributed by atoms with Gasteiger partial charge in [0.1, 0.15) is 17.1 Å². The van der Waals surface area contributed by atoms with E-state index in [2.05, 4.69) is 39.9 Å². The van der Waals surface area contributed by atoms with Gasteiger partial charge in [-0.1, -0.05) is 30.3 Å². The molecule has 4 aromatic rings. The van der Waals surface area contributed by atoms with Crippen LogP contribution in [0.4, 0.5) is 0 Å². The second-order valence-corrected chi connectivity index (χ2v) is 6.85. The van der Waals surface area contributed by atoms with E-state index in [1.54, 1.807) is 7.11 Å². The fourth-order valence-corrected chi connectivity index (χ4v) is 3.68. The molecule has 5 heteroatoms. The molecule has 1 aliphatic carbocycles. The smallest absolute Gasteiger partial charge is 0.177 e. The first kappa shape index (κ1) is 14.5. The summed E-state index contributed by atoms with van der Waals surface area (Å²) < 4.78 is 7.68. The lowest BCUT2D eigenvalue weighted by Crippen LogP contribution is -2.08. The maximum Gasteiger partial charge on any atom is 0.177 e. The number of hydrogen-bond acceptors (Lipinski definition) is 3. The first-order valence-electron chi connectivity index (χ1n) is 8.75. The van der Waals surface area contributed by atoms with E-state index in [4.69, 9.17) is 9.72 Å². The van der Waals surface area contributed by atoms with Crippen molar-refractivity contribution < 1.29 is 4.74 Å². The minimum Gasteiger partial charge on any atom is -0.496 e. The Morgan fingerprint density at radius 3 is 2.84 bits per heavy atom. The van der Waals surface area contributed by atoms with E-state index in [1.807, 2.05) is 24.4 Å². The highest BCUT2D eigenvalue weighted by Crippen LogP contribution is 2.41. The summed E-state index contributed by atoms with van der Waals surface area (Å²) in [4.78, 5) is 8.34. The molecule has 0 spiro atoms. The van der Waals surface area contributed by atoms with E-state index in [9.17, 15) is 0 Å². The molecule has 0 saturated heterocycles. The summed E-state index contributed by atoms with van der Waals surface area (Å²) in [5, 5.41) is 6.85. The number of fused-ring (bicyclic) bond motifs is 2. The summed E-state index contributed by atoms with van der Waals surface area (Å²) in [5.41, 5.74) is 2.89. The van der Waals surface area contributed by atoms with Crippen molar-refractivity contribution in [3.8, 4) is 17.1 Å².